The lowest BCUT2D eigenvalue weighted by molar-refractivity contribution is -0.344. The Labute approximate surface area is 193 Å². The van der Waals surface area contributed by atoms with Crippen molar-refractivity contribution >= 4 is 5.97 Å². The minimum atomic E-state index is -1.64. The van der Waals surface area contributed by atoms with Gasteiger partial charge < -0.3 is 54.3 Å². The number of phenolic OH excluding ortho intramolecular Hbond substituents is 1. The molecule has 34 heavy (non-hydrogen) atoms. The van der Waals surface area contributed by atoms with Crippen molar-refractivity contribution in [1.29, 1.82) is 0 Å². The molecule has 0 aromatic heterocycles. The lowest BCUT2D eigenvalue weighted by atomic mass is 9.85. The van der Waals surface area contributed by atoms with Crippen LogP contribution in [-0.4, -0.2) is 105 Å². The predicted molar refractivity (Wildman–Crippen MR) is 108 cm³/mol. The zero-order valence-electron chi connectivity index (χ0n) is 17.8. The summed E-state index contributed by atoms with van der Waals surface area (Å²) in [5, 5.41) is 59.3. The van der Waals surface area contributed by atoms with Crippen molar-refractivity contribution in [2.24, 2.45) is 11.8 Å². The number of phenols is 1. The van der Waals surface area contributed by atoms with Gasteiger partial charge in [0.25, 0.3) is 0 Å². The van der Waals surface area contributed by atoms with Crippen molar-refractivity contribution < 1.29 is 59.1 Å². The van der Waals surface area contributed by atoms with Crippen LogP contribution >= 0.6 is 0 Å². The molecule has 0 amide bonds. The number of hydrogen-bond donors (Lipinski definition) is 6. The summed E-state index contributed by atoms with van der Waals surface area (Å²) in [4.78, 5) is 12.7. The summed E-state index contributed by atoms with van der Waals surface area (Å²) in [6, 6.07) is 5.56. The summed E-state index contributed by atoms with van der Waals surface area (Å²) < 4.78 is 28.3. The molecule has 3 heterocycles. The van der Waals surface area contributed by atoms with E-state index < -0.39 is 85.8 Å². The topological polar surface area (TPSA) is 188 Å². The standard InChI is InChI=1S/C22H26O12/c23-7-12-14(26)15(27)16(28)21(31-12)33-20-13-11(5-6-30-20)17(18-22(13,8-24)34-18)32-19(29)9-1-3-10(25)4-2-9/h1-6,11-18,20-21,23-28H,7-8H2/t11-,12+,13+,14+,15-,16+,17+,18-,20-,21+,22-/m0/s1. The van der Waals surface area contributed by atoms with Gasteiger partial charge in [-0.15, -0.1) is 0 Å². The van der Waals surface area contributed by atoms with Crippen molar-refractivity contribution in [3.63, 3.8) is 0 Å². The maximum atomic E-state index is 12.7. The zero-order valence-corrected chi connectivity index (χ0v) is 17.8. The fourth-order valence-electron chi connectivity index (χ4n) is 5.08. The highest BCUT2D eigenvalue weighted by Gasteiger charge is 2.77. The number of hydrogen-bond acceptors (Lipinski definition) is 12. The average molecular weight is 482 g/mol. The van der Waals surface area contributed by atoms with E-state index in [1.807, 2.05) is 0 Å². The van der Waals surface area contributed by atoms with Crippen LogP contribution in [0.2, 0.25) is 0 Å². The van der Waals surface area contributed by atoms with Gasteiger partial charge in [0.1, 0.15) is 48.0 Å². The predicted octanol–water partition coefficient (Wildman–Crippen LogP) is -2.02. The van der Waals surface area contributed by atoms with E-state index in [4.69, 9.17) is 23.7 Å². The van der Waals surface area contributed by atoms with Crippen molar-refractivity contribution in [1.82, 2.24) is 0 Å². The Balaban J connectivity index is 1.34. The Hall–Kier alpha value is -2.29. The first kappa shape index (κ1) is 23.5. The highest BCUT2D eigenvalue weighted by molar-refractivity contribution is 5.89. The number of rotatable bonds is 6. The highest BCUT2D eigenvalue weighted by atomic mass is 16.8. The van der Waals surface area contributed by atoms with E-state index in [0.717, 1.165) is 0 Å². The Morgan fingerprint density at radius 1 is 1.03 bits per heavy atom. The largest absolute Gasteiger partial charge is 0.508 e. The van der Waals surface area contributed by atoms with Gasteiger partial charge in [0.15, 0.2) is 6.29 Å². The van der Waals surface area contributed by atoms with Crippen LogP contribution in [-0.2, 0) is 23.7 Å². The second-order valence-electron chi connectivity index (χ2n) is 8.84. The van der Waals surface area contributed by atoms with E-state index in [9.17, 15) is 35.4 Å². The van der Waals surface area contributed by atoms with Gasteiger partial charge in [-0.3, -0.25) is 0 Å². The molecule has 0 radical (unpaired) electrons. The fourth-order valence-corrected chi connectivity index (χ4v) is 5.08. The van der Waals surface area contributed by atoms with Gasteiger partial charge in [-0.05, 0) is 30.3 Å². The molecule has 2 saturated heterocycles. The van der Waals surface area contributed by atoms with Crippen LogP contribution in [0.3, 0.4) is 0 Å². The third kappa shape index (κ3) is 3.67. The number of carbonyl (C=O) groups excluding carboxylic acids is 1. The molecule has 4 aliphatic rings. The normalized spacial score (nSPS) is 44.6. The number of benzene rings is 1. The molecule has 12 heteroatoms. The molecule has 3 aliphatic heterocycles. The van der Waals surface area contributed by atoms with Gasteiger partial charge in [-0.1, -0.05) is 0 Å². The summed E-state index contributed by atoms with van der Waals surface area (Å²) in [6.45, 7) is -1.04. The Morgan fingerprint density at radius 2 is 1.76 bits per heavy atom. The van der Waals surface area contributed by atoms with E-state index in [2.05, 4.69) is 0 Å². The third-order valence-electron chi connectivity index (χ3n) is 6.94. The summed E-state index contributed by atoms with van der Waals surface area (Å²) in [7, 11) is 0. The SMILES string of the molecule is O=C(O[C@@H]1[C@H]2C=CO[C@@H](O[C@H]3O[C@H](CO)[C@@H](O)[C@H](O)[C@H]3O)[C@@H]2[C@]2(CO)O[C@@H]12)c1ccc(O)cc1. The van der Waals surface area contributed by atoms with Gasteiger partial charge in [-0.25, -0.2) is 4.79 Å². The van der Waals surface area contributed by atoms with Crippen molar-refractivity contribution in [3.05, 3.63) is 42.2 Å². The number of aromatic hydroxyl groups is 1. The smallest absolute Gasteiger partial charge is 0.338 e. The van der Waals surface area contributed by atoms with Crippen LogP contribution in [0.1, 0.15) is 10.4 Å². The Morgan fingerprint density at radius 3 is 2.44 bits per heavy atom. The number of fused-ring (bicyclic) bond motifs is 3. The molecular weight excluding hydrogens is 456 g/mol. The Kier molecular flexibility index (Phi) is 6.02. The summed E-state index contributed by atoms with van der Waals surface area (Å²) in [5.74, 6) is -1.78. The molecule has 0 bridgehead atoms. The van der Waals surface area contributed by atoms with E-state index in [0.29, 0.717) is 0 Å². The minimum Gasteiger partial charge on any atom is -0.508 e. The molecule has 6 N–H and O–H groups in total. The minimum absolute atomic E-state index is 0.00264. The third-order valence-corrected chi connectivity index (χ3v) is 6.94. The van der Waals surface area contributed by atoms with E-state index >= 15 is 0 Å². The highest BCUT2D eigenvalue weighted by Crippen LogP contribution is 2.60. The summed E-state index contributed by atoms with van der Waals surface area (Å²) >= 11 is 0. The number of carbonyl (C=O) groups is 1. The number of epoxide rings is 1. The van der Waals surface area contributed by atoms with Gasteiger partial charge >= 0.3 is 5.97 Å². The summed E-state index contributed by atoms with van der Waals surface area (Å²) in [5.41, 5.74) is -0.907. The number of ether oxygens (including phenoxy) is 5. The maximum absolute atomic E-state index is 12.7. The number of aliphatic hydroxyl groups excluding tert-OH is 5. The summed E-state index contributed by atoms with van der Waals surface area (Å²) in [6.07, 6.45) is -6.99. The molecule has 12 nitrogen and oxygen atoms in total. The quantitative estimate of drug-likeness (QED) is 0.193. The van der Waals surface area contributed by atoms with Crippen LogP contribution in [0.25, 0.3) is 0 Å². The average Bonchev–Trinajstić information content (AvgIpc) is 3.52. The first-order valence-electron chi connectivity index (χ1n) is 10.9. The van der Waals surface area contributed by atoms with Gasteiger partial charge in [0, 0.05) is 5.92 Å². The van der Waals surface area contributed by atoms with Gasteiger partial charge in [0.05, 0.1) is 31.0 Å². The molecule has 0 spiro atoms. The molecule has 186 valence electrons. The first-order chi connectivity index (χ1) is 16.3. The van der Waals surface area contributed by atoms with Crippen LogP contribution in [0.5, 0.6) is 5.75 Å². The van der Waals surface area contributed by atoms with Crippen molar-refractivity contribution in [2.45, 2.75) is 54.8 Å². The molecule has 1 aliphatic carbocycles. The van der Waals surface area contributed by atoms with E-state index in [1.165, 1.54) is 30.5 Å². The molecule has 1 saturated carbocycles. The fraction of sp³-hybridized carbons (Fsp3) is 0.591. The van der Waals surface area contributed by atoms with Crippen LogP contribution in [0.15, 0.2) is 36.6 Å². The monoisotopic (exact) mass is 482 g/mol. The second kappa shape index (κ2) is 8.73. The molecule has 3 fully saturated rings. The van der Waals surface area contributed by atoms with Crippen molar-refractivity contribution in [3.8, 4) is 5.75 Å². The Bertz CT molecular complexity index is 934. The molecule has 0 unspecified atom stereocenters. The molecule has 11 atom stereocenters. The molecule has 5 rings (SSSR count). The molecular formula is C22H26O12. The van der Waals surface area contributed by atoms with Gasteiger partial charge in [0.2, 0.25) is 6.29 Å². The van der Waals surface area contributed by atoms with Crippen LogP contribution < -0.4 is 0 Å². The molecule has 1 aromatic carbocycles. The van der Waals surface area contributed by atoms with Gasteiger partial charge in [-0.2, -0.15) is 0 Å². The lowest BCUT2D eigenvalue weighted by Gasteiger charge is -2.43. The first-order valence-corrected chi connectivity index (χ1v) is 10.9. The van der Waals surface area contributed by atoms with E-state index in [1.54, 1.807) is 6.08 Å². The lowest BCUT2D eigenvalue weighted by Crippen LogP contribution is -2.60. The van der Waals surface area contributed by atoms with Crippen molar-refractivity contribution in [2.75, 3.05) is 13.2 Å². The molecule has 1 aromatic rings. The van der Waals surface area contributed by atoms with E-state index in [-0.39, 0.29) is 11.3 Å². The maximum Gasteiger partial charge on any atom is 0.338 e. The van der Waals surface area contributed by atoms with Crippen LogP contribution in [0, 0.1) is 11.8 Å². The second-order valence-corrected chi connectivity index (χ2v) is 8.84. The zero-order chi connectivity index (χ0) is 24.2. The van der Waals surface area contributed by atoms with Crippen LogP contribution in [0.4, 0.5) is 0 Å². The number of esters is 1. The number of aliphatic hydroxyl groups is 5.